The SMILES string of the molecule is CN(SC1CCCCC1)c1cc2oc(=O)c(C(=O)O)cc2s1. The summed E-state index contributed by atoms with van der Waals surface area (Å²) < 4.78 is 7.89. The molecule has 0 amide bonds. The molecule has 2 aromatic rings. The number of nitrogens with zero attached hydrogens (tertiary/aromatic N) is 1. The minimum absolute atomic E-state index is 0.316. The molecule has 0 saturated heterocycles. The summed E-state index contributed by atoms with van der Waals surface area (Å²) in [6.07, 6.45) is 6.37. The van der Waals surface area contributed by atoms with Gasteiger partial charge < -0.3 is 13.8 Å². The lowest BCUT2D eigenvalue weighted by molar-refractivity contribution is 0.0692. The number of rotatable bonds is 4. The molecule has 0 aromatic carbocycles. The molecule has 118 valence electrons. The molecular formula is C15H17NO4S2. The average molecular weight is 339 g/mol. The Bertz CT molecular complexity index is 746. The van der Waals surface area contributed by atoms with Gasteiger partial charge in [-0.3, -0.25) is 0 Å². The van der Waals surface area contributed by atoms with Gasteiger partial charge in [-0.2, -0.15) is 0 Å². The fourth-order valence-corrected chi connectivity index (χ4v) is 4.94. The first kappa shape index (κ1) is 15.4. The van der Waals surface area contributed by atoms with Crippen molar-refractivity contribution in [2.24, 2.45) is 0 Å². The van der Waals surface area contributed by atoms with Crippen molar-refractivity contribution in [3.8, 4) is 0 Å². The fraction of sp³-hybridized carbons (Fsp3) is 0.467. The average Bonchev–Trinajstić information content (AvgIpc) is 2.90. The van der Waals surface area contributed by atoms with Crippen molar-refractivity contribution in [3.05, 3.63) is 28.1 Å². The number of carboxylic acids is 1. The number of carboxylic acid groups (broad SMARTS) is 1. The Kier molecular flexibility index (Phi) is 4.44. The van der Waals surface area contributed by atoms with Crippen molar-refractivity contribution in [3.63, 3.8) is 0 Å². The van der Waals surface area contributed by atoms with Gasteiger partial charge in [0.25, 0.3) is 0 Å². The molecule has 1 N–H and O–H groups in total. The van der Waals surface area contributed by atoms with Crippen LogP contribution in [0.25, 0.3) is 10.3 Å². The van der Waals surface area contributed by atoms with Crippen LogP contribution in [0.5, 0.6) is 0 Å². The molecule has 1 aliphatic carbocycles. The minimum Gasteiger partial charge on any atom is -0.477 e. The Balaban J connectivity index is 1.84. The molecule has 7 heteroatoms. The molecule has 5 nitrogen and oxygen atoms in total. The van der Waals surface area contributed by atoms with Crippen LogP contribution in [0, 0.1) is 0 Å². The van der Waals surface area contributed by atoms with Gasteiger partial charge in [0, 0.05) is 18.4 Å². The van der Waals surface area contributed by atoms with Crippen molar-refractivity contribution in [2.75, 3.05) is 11.4 Å². The fourth-order valence-electron chi connectivity index (χ4n) is 2.65. The lowest BCUT2D eigenvalue weighted by Crippen LogP contribution is -2.16. The third-order valence-corrected chi connectivity index (χ3v) is 6.35. The highest BCUT2D eigenvalue weighted by molar-refractivity contribution is 8.01. The zero-order valence-corrected chi connectivity index (χ0v) is 13.8. The second-order valence-electron chi connectivity index (χ2n) is 5.43. The predicted octanol–water partition coefficient (Wildman–Crippen LogP) is 3.97. The van der Waals surface area contributed by atoms with E-state index in [9.17, 15) is 9.59 Å². The number of anilines is 1. The maximum Gasteiger partial charge on any atom is 0.351 e. The summed E-state index contributed by atoms with van der Waals surface area (Å²) in [6, 6.07) is 3.21. The number of fused-ring (bicyclic) bond motifs is 1. The quantitative estimate of drug-likeness (QED) is 0.850. The van der Waals surface area contributed by atoms with Crippen LogP contribution in [-0.2, 0) is 0 Å². The van der Waals surface area contributed by atoms with Crippen molar-refractivity contribution >= 4 is 44.5 Å². The lowest BCUT2D eigenvalue weighted by Gasteiger charge is -2.26. The van der Waals surface area contributed by atoms with Gasteiger partial charge in [-0.25, -0.2) is 9.59 Å². The first-order valence-corrected chi connectivity index (χ1v) is 8.91. The van der Waals surface area contributed by atoms with E-state index < -0.39 is 11.6 Å². The van der Waals surface area contributed by atoms with Crippen LogP contribution in [-0.4, -0.2) is 23.4 Å². The summed E-state index contributed by atoms with van der Waals surface area (Å²) in [4.78, 5) is 22.6. The maximum atomic E-state index is 11.6. The molecular weight excluding hydrogens is 322 g/mol. The molecule has 0 aliphatic heterocycles. The number of hydrogen-bond acceptors (Lipinski definition) is 6. The molecule has 2 aromatic heterocycles. The van der Waals surface area contributed by atoms with E-state index in [0.717, 1.165) is 5.00 Å². The molecule has 0 bridgehead atoms. The zero-order valence-electron chi connectivity index (χ0n) is 12.2. The monoisotopic (exact) mass is 339 g/mol. The number of carbonyl (C=O) groups is 1. The molecule has 1 fully saturated rings. The molecule has 0 atom stereocenters. The van der Waals surface area contributed by atoms with Crippen LogP contribution >= 0.6 is 23.3 Å². The summed E-state index contributed by atoms with van der Waals surface area (Å²) in [5, 5.41) is 10.6. The van der Waals surface area contributed by atoms with E-state index in [4.69, 9.17) is 9.52 Å². The molecule has 0 unspecified atom stereocenters. The standard InChI is InChI=1S/C15H17NO4S2/c1-16(22-9-5-3-2-4-6-9)13-8-11-12(21-13)7-10(14(17)18)15(19)20-11/h7-9H,2-6H2,1H3,(H,17,18). The van der Waals surface area contributed by atoms with E-state index in [-0.39, 0.29) is 5.56 Å². The number of thiophene rings is 1. The Morgan fingerprint density at radius 2 is 2.09 bits per heavy atom. The summed E-state index contributed by atoms with van der Waals surface area (Å²) in [6.45, 7) is 0. The summed E-state index contributed by atoms with van der Waals surface area (Å²) in [5.41, 5.74) is -0.665. The highest BCUT2D eigenvalue weighted by Gasteiger charge is 2.19. The van der Waals surface area contributed by atoms with E-state index in [1.165, 1.54) is 49.5 Å². The first-order chi connectivity index (χ1) is 10.5. The third kappa shape index (κ3) is 3.15. The van der Waals surface area contributed by atoms with Crippen molar-refractivity contribution in [1.29, 1.82) is 0 Å². The van der Waals surface area contributed by atoms with Crippen molar-refractivity contribution < 1.29 is 14.3 Å². The zero-order chi connectivity index (χ0) is 15.7. The van der Waals surface area contributed by atoms with E-state index in [1.807, 2.05) is 25.1 Å². The first-order valence-electron chi connectivity index (χ1n) is 7.26. The highest BCUT2D eigenvalue weighted by atomic mass is 32.2. The van der Waals surface area contributed by atoms with Crippen molar-refractivity contribution in [2.45, 2.75) is 37.4 Å². The van der Waals surface area contributed by atoms with Crippen LogP contribution in [0.15, 0.2) is 21.3 Å². The largest absolute Gasteiger partial charge is 0.477 e. The number of hydrogen-bond donors (Lipinski definition) is 1. The normalized spacial score (nSPS) is 16.0. The molecule has 2 heterocycles. The van der Waals surface area contributed by atoms with Crippen molar-refractivity contribution in [1.82, 2.24) is 0 Å². The smallest absolute Gasteiger partial charge is 0.351 e. The second-order valence-corrected chi connectivity index (χ2v) is 7.92. The van der Waals surface area contributed by atoms with E-state index in [2.05, 4.69) is 4.31 Å². The van der Waals surface area contributed by atoms with Crippen LogP contribution < -0.4 is 9.93 Å². The van der Waals surface area contributed by atoms with Crippen LogP contribution in [0.1, 0.15) is 42.5 Å². The molecule has 1 aliphatic rings. The second kappa shape index (κ2) is 6.34. The van der Waals surface area contributed by atoms with E-state index in [1.54, 1.807) is 0 Å². The highest BCUT2D eigenvalue weighted by Crippen LogP contribution is 2.38. The van der Waals surface area contributed by atoms with Gasteiger partial charge in [0.05, 0.1) is 4.70 Å². The summed E-state index contributed by atoms with van der Waals surface area (Å²) in [7, 11) is 2.00. The van der Waals surface area contributed by atoms with Gasteiger partial charge in [-0.15, -0.1) is 11.3 Å². The van der Waals surface area contributed by atoms with Crippen LogP contribution in [0.3, 0.4) is 0 Å². The number of aromatic carboxylic acids is 1. The van der Waals surface area contributed by atoms with Gasteiger partial charge in [0.15, 0.2) is 5.58 Å². The Morgan fingerprint density at radius 3 is 2.77 bits per heavy atom. The van der Waals surface area contributed by atoms with Gasteiger partial charge in [-0.05, 0) is 30.9 Å². The van der Waals surface area contributed by atoms with E-state index in [0.29, 0.717) is 15.5 Å². The Hall–Kier alpha value is -1.47. The maximum absolute atomic E-state index is 11.6. The van der Waals surface area contributed by atoms with Crippen LogP contribution in [0.2, 0.25) is 0 Å². The Morgan fingerprint density at radius 1 is 1.36 bits per heavy atom. The lowest BCUT2D eigenvalue weighted by atomic mass is 10.0. The predicted molar refractivity (Wildman–Crippen MR) is 90.2 cm³/mol. The summed E-state index contributed by atoms with van der Waals surface area (Å²) in [5.74, 6) is -1.25. The molecule has 1 saturated carbocycles. The van der Waals surface area contributed by atoms with Crippen LogP contribution in [0.4, 0.5) is 5.00 Å². The van der Waals surface area contributed by atoms with Gasteiger partial charge in [-0.1, -0.05) is 19.3 Å². The third-order valence-electron chi connectivity index (χ3n) is 3.81. The van der Waals surface area contributed by atoms with Gasteiger partial charge in [0.1, 0.15) is 10.6 Å². The van der Waals surface area contributed by atoms with E-state index >= 15 is 0 Å². The molecule has 0 radical (unpaired) electrons. The molecule has 3 rings (SSSR count). The topological polar surface area (TPSA) is 70.8 Å². The molecule has 22 heavy (non-hydrogen) atoms. The molecule has 0 spiro atoms. The van der Waals surface area contributed by atoms with Gasteiger partial charge in [0.2, 0.25) is 0 Å². The summed E-state index contributed by atoms with van der Waals surface area (Å²) >= 11 is 3.25. The Labute approximate surface area is 136 Å². The van der Waals surface area contributed by atoms with Gasteiger partial charge >= 0.3 is 11.6 Å². The minimum atomic E-state index is -1.25.